The molecule has 0 unspecified atom stereocenters. The molecule has 0 N–H and O–H groups in total. The molecule has 3 aromatic heterocycles. The van der Waals surface area contributed by atoms with Crippen molar-refractivity contribution in [3.8, 4) is 17.2 Å². The van der Waals surface area contributed by atoms with E-state index in [9.17, 15) is 0 Å². The SMILES string of the molecule is c1ccc(-c2nc(-n3c4ccccc4c4c5c(ccc43)sc3cc4ccccc4cc35)nc3ccccc23)cc1. The van der Waals surface area contributed by atoms with Crippen molar-refractivity contribution in [2.24, 2.45) is 0 Å². The molecule has 186 valence electrons. The van der Waals surface area contributed by atoms with E-state index in [-0.39, 0.29) is 0 Å². The summed E-state index contributed by atoms with van der Waals surface area (Å²) in [5, 5.41) is 8.68. The van der Waals surface area contributed by atoms with E-state index in [0.717, 1.165) is 33.2 Å². The largest absolute Gasteiger partial charge is 0.278 e. The minimum atomic E-state index is 0.688. The van der Waals surface area contributed by atoms with Crippen molar-refractivity contribution >= 4 is 75.0 Å². The van der Waals surface area contributed by atoms with Crippen LogP contribution in [0.25, 0.3) is 80.9 Å². The number of hydrogen-bond donors (Lipinski definition) is 0. The van der Waals surface area contributed by atoms with Crippen molar-refractivity contribution in [1.29, 1.82) is 0 Å². The Labute approximate surface area is 233 Å². The standard InChI is InChI=1S/C36H21N3S/c1-2-10-22(11-3-1)35-25-14-6-8-16-28(25)37-36(38-35)39-29-17-9-7-15-26(29)33-30(39)18-19-31-34(33)27-20-23-12-4-5-13-24(23)21-32(27)40-31/h1-21H. The van der Waals surface area contributed by atoms with E-state index in [2.05, 4.69) is 120 Å². The Hall–Kier alpha value is -5.06. The first-order chi connectivity index (χ1) is 19.8. The summed E-state index contributed by atoms with van der Waals surface area (Å²) in [7, 11) is 0. The monoisotopic (exact) mass is 527 g/mol. The van der Waals surface area contributed by atoms with Gasteiger partial charge in [0.2, 0.25) is 5.95 Å². The first-order valence-electron chi connectivity index (χ1n) is 13.4. The van der Waals surface area contributed by atoms with Gasteiger partial charge in [-0.25, -0.2) is 9.97 Å². The summed E-state index contributed by atoms with van der Waals surface area (Å²) in [6, 6.07) is 45.2. The molecule has 0 spiro atoms. The van der Waals surface area contributed by atoms with Gasteiger partial charge in [-0.15, -0.1) is 11.3 Å². The highest BCUT2D eigenvalue weighted by molar-refractivity contribution is 7.26. The third-order valence-corrected chi connectivity index (χ3v) is 9.09. The van der Waals surface area contributed by atoms with Crippen LogP contribution in [0.4, 0.5) is 0 Å². The third-order valence-electron chi connectivity index (χ3n) is 7.98. The van der Waals surface area contributed by atoms with E-state index in [1.807, 2.05) is 23.5 Å². The van der Waals surface area contributed by atoms with Crippen LogP contribution in [0.5, 0.6) is 0 Å². The molecule has 0 aliphatic heterocycles. The van der Waals surface area contributed by atoms with Crippen LogP contribution in [0.15, 0.2) is 127 Å². The fourth-order valence-corrected chi connectivity index (χ4v) is 7.35. The second-order valence-electron chi connectivity index (χ2n) is 10.2. The summed E-state index contributed by atoms with van der Waals surface area (Å²) in [5.41, 5.74) is 5.20. The molecular formula is C36H21N3S. The Bertz CT molecular complexity index is 2430. The summed E-state index contributed by atoms with van der Waals surface area (Å²) in [5.74, 6) is 0.688. The number of nitrogens with zero attached hydrogens (tertiary/aromatic N) is 3. The van der Waals surface area contributed by atoms with Crippen molar-refractivity contribution in [3.05, 3.63) is 127 Å². The van der Waals surface area contributed by atoms with E-state index in [0.29, 0.717) is 5.95 Å². The number of thiophene rings is 1. The lowest BCUT2D eigenvalue weighted by Crippen LogP contribution is -2.03. The summed E-state index contributed by atoms with van der Waals surface area (Å²) >= 11 is 1.87. The lowest BCUT2D eigenvalue weighted by Gasteiger charge is -2.11. The van der Waals surface area contributed by atoms with Crippen LogP contribution in [0.2, 0.25) is 0 Å². The van der Waals surface area contributed by atoms with E-state index in [1.54, 1.807) is 0 Å². The minimum Gasteiger partial charge on any atom is -0.278 e. The third kappa shape index (κ3) is 3.05. The Morgan fingerprint density at radius 3 is 2.10 bits per heavy atom. The van der Waals surface area contributed by atoms with Crippen LogP contribution < -0.4 is 0 Å². The topological polar surface area (TPSA) is 30.7 Å². The number of fused-ring (bicyclic) bond motifs is 9. The predicted octanol–water partition coefficient (Wildman–Crippen LogP) is 9.91. The number of aromatic nitrogens is 3. The minimum absolute atomic E-state index is 0.688. The molecule has 9 rings (SSSR count). The van der Waals surface area contributed by atoms with E-state index in [1.165, 1.54) is 41.7 Å². The molecule has 0 bridgehead atoms. The molecule has 6 aromatic carbocycles. The zero-order valence-electron chi connectivity index (χ0n) is 21.4. The van der Waals surface area contributed by atoms with E-state index in [4.69, 9.17) is 9.97 Å². The van der Waals surface area contributed by atoms with Crippen molar-refractivity contribution in [2.45, 2.75) is 0 Å². The average molecular weight is 528 g/mol. The average Bonchev–Trinajstić information content (AvgIpc) is 3.54. The Morgan fingerprint density at radius 2 is 1.23 bits per heavy atom. The smallest absolute Gasteiger partial charge is 0.235 e. The fraction of sp³-hybridized carbons (Fsp3) is 0. The van der Waals surface area contributed by atoms with Crippen molar-refractivity contribution < 1.29 is 0 Å². The zero-order valence-corrected chi connectivity index (χ0v) is 22.2. The second-order valence-corrected chi connectivity index (χ2v) is 11.3. The van der Waals surface area contributed by atoms with Gasteiger partial charge in [0.15, 0.2) is 0 Å². The van der Waals surface area contributed by atoms with Crippen molar-refractivity contribution in [2.75, 3.05) is 0 Å². The van der Waals surface area contributed by atoms with E-state index >= 15 is 0 Å². The molecule has 0 fully saturated rings. The van der Waals surface area contributed by atoms with Gasteiger partial charge in [-0.05, 0) is 47.2 Å². The Balaban J connectivity index is 1.43. The molecule has 0 aliphatic rings. The molecule has 0 saturated heterocycles. The van der Waals surface area contributed by atoms with Crippen LogP contribution in [0.3, 0.4) is 0 Å². The van der Waals surface area contributed by atoms with Crippen LogP contribution in [-0.2, 0) is 0 Å². The van der Waals surface area contributed by atoms with E-state index < -0.39 is 0 Å². The van der Waals surface area contributed by atoms with Gasteiger partial charge in [-0.3, -0.25) is 4.57 Å². The molecule has 9 aromatic rings. The maximum Gasteiger partial charge on any atom is 0.235 e. The second kappa shape index (κ2) is 8.22. The maximum absolute atomic E-state index is 5.24. The number of para-hydroxylation sites is 2. The van der Waals surface area contributed by atoms with Gasteiger partial charge in [-0.1, -0.05) is 91.0 Å². The molecule has 40 heavy (non-hydrogen) atoms. The molecule has 4 heteroatoms. The van der Waals surface area contributed by atoms with Crippen LogP contribution >= 0.6 is 11.3 Å². The normalized spacial score (nSPS) is 12.0. The molecule has 0 atom stereocenters. The van der Waals surface area contributed by atoms with Crippen molar-refractivity contribution in [1.82, 2.24) is 14.5 Å². The van der Waals surface area contributed by atoms with Gasteiger partial charge in [0.05, 0.1) is 22.2 Å². The summed E-state index contributed by atoms with van der Waals surface area (Å²) < 4.78 is 4.85. The maximum atomic E-state index is 5.24. The summed E-state index contributed by atoms with van der Waals surface area (Å²) in [6.07, 6.45) is 0. The summed E-state index contributed by atoms with van der Waals surface area (Å²) in [4.78, 5) is 10.4. The molecule has 3 heterocycles. The fourth-order valence-electron chi connectivity index (χ4n) is 6.21. The quantitative estimate of drug-likeness (QED) is 0.224. The van der Waals surface area contributed by atoms with Gasteiger partial charge in [0.1, 0.15) is 0 Å². The van der Waals surface area contributed by atoms with Gasteiger partial charge in [-0.2, -0.15) is 0 Å². The van der Waals surface area contributed by atoms with Crippen LogP contribution in [0, 0.1) is 0 Å². The Morgan fingerprint density at radius 1 is 0.500 bits per heavy atom. The molecule has 3 nitrogen and oxygen atoms in total. The highest BCUT2D eigenvalue weighted by atomic mass is 32.1. The zero-order chi connectivity index (χ0) is 26.2. The van der Waals surface area contributed by atoms with Gasteiger partial charge in [0, 0.05) is 41.9 Å². The first kappa shape index (κ1) is 21.8. The van der Waals surface area contributed by atoms with Gasteiger partial charge < -0.3 is 0 Å². The van der Waals surface area contributed by atoms with Crippen LogP contribution in [-0.4, -0.2) is 14.5 Å². The molecule has 0 aliphatic carbocycles. The summed E-state index contributed by atoms with van der Waals surface area (Å²) in [6.45, 7) is 0. The predicted molar refractivity (Wildman–Crippen MR) is 170 cm³/mol. The highest BCUT2D eigenvalue weighted by Crippen LogP contribution is 2.44. The van der Waals surface area contributed by atoms with Crippen molar-refractivity contribution in [3.63, 3.8) is 0 Å². The Kier molecular flexibility index (Phi) is 4.48. The van der Waals surface area contributed by atoms with Gasteiger partial charge >= 0.3 is 0 Å². The van der Waals surface area contributed by atoms with Crippen LogP contribution in [0.1, 0.15) is 0 Å². The lowest BCUT2D eigenvalue weighted by molar-refractivity contribution is 1.01. The highest BCUT2D eigenvalue weighted by Gasteiger charge is 2.20. The molecule has 0 saturated carbocycles. The molecule has 0 radical (unpaired) electrons. The van der Waals surface area contributed by atoms with Gasteiger partial charge in [0.25, 0.3) is 0 Å². The molecule has 0 amide bonds. The number of rotatable bonds is 2. The lowest BCUT2D eigenvalue weighted by atomic mass is 10.0. The number of hydrogen-bond acceptors (Lipinski definition) is 3. The molecular weight excluding hydrogens is 506 g/mol. The number of benzene rings is 6. The first-order valence-corrected chi connectivity index (χ1v) is 14.2.